The van der Waals surface area contributed by atoms with Crippen molar-refractivity contribution in [2.24, 2.45) is 0 Å². The van der Waals surface area contributed by atoms with Gasteiger partial charge in [-0.1, -0.05) is 30.3 Å². The molecule has 0 aromatic heterocycles. The molecule has 1 N–H and O–H groups in total. The van der Waals surface area contributed by atoms with E-state index in [9.17, 15) is 9.59 Å². The van der Waals surface area contributed by atoms with Crippen LogP contribution in [-0.4, -0.2) is 25.0 Å². The number of carbonyl (C=O) groups excluding carboxylic acids is 2. The minimum Gasteiger partial charge on any atom is -0.469 e. The van der Waals surface area contributed by atoms with Crippen LogP contribution in [-0.2, 0) is 20.7 Å². The summed E-state index contributed by atoms with van der Waals surface area (Å²) in [5, 5.41) is 2.75. The van der Waals surface area contributed by atoms with E-state index >= 15 is 0 Å². The summed E-state index contributed by atoms with van der Waals surface area (Å²) in [6, 6.07) is 9.49. The zero-order chi connectivity index (χ0) is 12.7. The largest absolute Gasteiger partial charge is 0.469 e. The lowest BCUT2D eigenvalue weighted by Crippen LogP contribution is -2.36. The fraction of sp³-hybridized carbons (Fsp3) is 0.385. The zero-order valence-electron chi connectivity index (χ0n) is 10.1. The first-order valence-corrected chi connectivity index (χ1v) is 5.49. The van der Waals surface area contributed by atoms with E-state index in [4.69, 9.17) is 0 Å². The van der Waals surface area contributed by atoms with E-state index in [0.717, 1.165) is 5.56 Å². The first-order chi connectivity index (χ1) is 8.11. The average Bonchev–Trinajstić information content (AvgIpc) is 2.29. The van der Waals surface area contributed by atoms with Crippen molar-refractivity contribution in [3.05, 3.63) is 35.9 Å². The monoisotopic (exact) mass is 235 g/mol. The Bertz CT molecular complexity index is 376. The lowest BCUT2D eigenvalue weighted by molar-refractivity contribution is -0.141. The van der Waals surface area contributed by atoms with Gasteiger partial charge in [0.15, 0.2) is 0 Å². The van der Waals surface area contributed by atoms with Crippen LogP contribution >= 0.6 is 0 Å². The molecule has 0 saturated carbocycles. The third-order valence-corrected chi connectivity index (χ3v) is 2.37. The fourth-order valence-corrected chi connectivity index (χ4v) is 1.64. The van der Waals surface area contributed by atoms with Crippen LogP contribution in [0.25, 0.3) is 0 Å². The summed E-state index contributed by atoms with van der Waals surface area (Å²) in [4.78, 5) is 22.3. The van der Waals surface area contributed by atoms with Gasteiger partial charge < -0.3 is 10.1 Å². The lowest BCUT2D eigenvalue weighted by atomic mass is 10.0. The number of rotatable bonds is 5. The number of hydrogen-bond donors (Lipinski definition) is 1. The van der Waals surface area contributed by atoms with E-state index in [1.165, 1.54) is 14.0 Å². The highest BCUT2D eigenvalue weighted by molar-refractivity contribution is 5.75. The number of esters is 1. The molecule has 1 atom stereocenters. The van der Waals surface area contributed by atoms with Crippen LogP contribution in [0.1, 0.15) is 18.9 Å². The Hall–Kier alpha value is -1.84. The molecule has 0 aliphatic rings. The molecule has 1 amide bonds. The maximum atomic E-state index is 11.2. The summed E-state index contributed by atoms with van der Waals surface area (Å²) >= 11 is 0. The summed E-state index contributed by atoms with van der Waals surface area (Å²) in [5.74, 6) is -0.463. The smallest absolute Gasteiger partial charge is 0.307 e. The molecule has 92 valence electrons. The molecular formula is C13H17NO3. The minimum atomic E-state index is -0.320. The molecule has 0 radical (unpaired) electrons. The van der Waals surface area contributed by atoms with Gasteiger partial charge in [0, 0.05) is 13.0 Å². The Morgan fingerprint density at radius 2 is 1.94 bits per heavy atom. The standard InChI is InChI=1S/C13H17NO3/c1-10(15)14-12(9-13(16)17-2)8-11-6-4-3-5-7-11/h3-7,12H,8-9H2,1-2H3,(H,14,15)/t12-/m0/s1. The predicted octanol–water partition coefficient (Wildman–Crippen LogP) is 1.30. The molecule has 17 heavy (non-hydrogen) atoms. The van der Waals surface area contributed by atoms with Crippen LogP contribution in [0.4, 0.5) is 0 Å². The molecular weight excluding hydrogens is 218 g/mol. The van der Waals surface area contributed by atoms with Gasteiger partial charge in [-0.25, -0.2) is 0 Å². The van der Waals surface area contributed by atoms with E-state index < -0.39 is 0 Å². The van der Waals surface area contributed by atoms with Gasteiger partial charge in [-0.3, -0.25) is 9.59 Å². The van der Waals surface area contributed by atoms with Gasteiger partial charge in [-0.15, -0.1) is 0 Å². The Balaban J connectivity index is 2.63. The number of benzene rings is 1. The van der Waals surface area contributed by atoms with Gasteiger partial charge in [0.2, 0.25) is 5.91 Å². The topological polar surface area (TPSA) is 55.4 Å². The lowest BCUT2D eigenvalue weighted by Gasteiger charge is -2.16. The number of ether oxygens (including phenoxy) is 1. The summed E-state index contributed by atoms with van der Waals surface area (Å²) in [5.41, 5.74) is 1.08. The second kappa shape index (κ2) is 6.68. The molecule has 1 aromatic rings. The molecule has 0 saturated heterocycles. The molecule has 0 bridgehead atoms. The summed E-state index contributed by atoms with van der Waals surface area (Å²) in [6.07, 6.45) is 0.806. The summed E-state index contributed by atoms with van der Waals surface area (Å²) < 4.78 is 4.61. The molecule has 1 rings (SSSR count). The van der Waals surface area contributed by atoms with Crippen molar-refractivity contribution in [1.82, 2.24) is 5.32 Å². The fourth-order valence-electron chi connectivity index (χ4n) is 1.64. The maximum absolute atomic E-state index is 11.2. The Kier molecular flexibility index (Phi) is 5.20. The number of carbonyl (C=O) groups is 2. The normalized spacial score (nSPS) is 11.6. The molecule has 0 aliphatic carbocycles. The van der Waals surface area contributed by atoms with Gasteiger partial charge in [-0.2, -0.15) is 0 Å². The number of hydrogen-bond acceptors (Lipinski definition) is 3. The van der Waals surface area contributed by atoms with E-state index in [-0.39, 0.29) is 24.3 Å². The highest BCUT2D eigenvalue weighted by Crippen LogP contribution is 2.06. The highest BCUT2D eigenvalue weighted by Gasteiger charge is 2.15. The minimum absolute atomic E-state index is 0.144. The molecule has 0 unspecified atom stereocenters. The van der Waals surface area contributed by atoms with Crippen LogP contribution in [0.5, 0.6) is 0 Å². The van der Waals surface area contributed by atoms with Crippen LogP contribution in [0.3, 0.4) is 0 Å². The molecule has 4 nitrogen and oxygen atoms in total. The summed E-state index contributed by atoms with van der Waals surface area (Å²) in [7, 11) is 1.34. The van der Waals surface area contributed by atoms with E-state index in [1.807, 2.05) is 30.3 Å². The first kappa shape index (κ1) is 13.2. The summed E-state index contributed by atoms with van der Waals surface area (Å²) in [6.45, 7) is 1.44. The van der Waals surface area contributed by atoms with Gasteiger partial charge in [0.05, 0.1) is 13.5 Å². The molecule has 0 heterocycles. The molecule has 1 aromatic carbocycles. The van der Waals surface area contributed by atoms with Gasteiger partial charge in [0.1, 0.15) is 0 Å². The maximum Gasteiger partial charge on any atom is 0.307 e. The van der Waals surface area contributed by atoms with Gasteiger partial charge in [0.25, 0.3) is 0 Å². The number of nitrogens with one attached hydrogen (secondary N) is 1. The van der Waals surface area contributed by atoms with Crippen LogP contribution in [0.2, 0.25) is 0 Å². The van der Waals surface area contributed by atoms with Crippen molar-refractivity contribution in [1.29, 1.82) is 0 Å². The molecule has 0 aliphatic heterocycles. The molecule has 0 spiro atoms. The third kappa shape index (κ3) is 5.15. The second-order valence-electron chi connectivity index (χ2n) is 3.87. The third-order valence-electron chi connectivity index (χ3n) is 2.37. The van der Waals surface area contributed by atoms with Gasteiger partial charge in [-0.05, 0) is 12.0 Å². The van der Waals surface area contributed by atoms with Crippen molar-refractivity contribution in [2.45, 2.75) is 25.8 Å². The quantitative estimate of drug-likeness (QED) is 0.782. The number of methoxy groups -OCH3 is 1. The SMILES string of the molecule is COC(=O)C[C@H](Cc1ccccc1)NC(C)=O. The number of amides is 1. The Labute approximate surface area is 101 Å². The van der Waals surface area contributed by atoms with Crippen LogP contribution < -0.4 is 5.32 Å². The van der Waals surface area contributed by atoms with E-state index in [1.54, 1.807) is 0 Å². The first-order valence-electron chi connectivity index (χ1n) is 5.49. The van der Waals surface area contributed by atoms with Crippen LogP contribution in [0, 0.1) is 0 Å². The van der Waals surface area contributed by atoms with Crippen molar-refractivity contribution in [3.63, 3.8) is 0 Å². The molecule has 4 heteroatoms. The van der Waals surface area contributed by atoms with E-state index in [2.05, 4.69) is 10.1 Å². The van der Waals surface area contributed by atoms with Crippen molar-refractivity contribution in [2.75, 3.05) is 7.11 Å². The van der Waals surface area contributed by atoms with E-state index in [0.29, 0.717) is 6.42 Å². The Morgan fingerprint density at radius 1 is 1.29 bits per heavy atom. The zero-order valence-corrected chi connectivity index (χ0v) is 10.1. The average molecular weight is 235 g/mol. The van der Waals surface area contributed by atoms with Crippen molar-refractivity contribution in [3.8, 4) is 0 Å². The van der Waals surface area contributed by atoms with Gasteiger partial charge >= 0.3 is 5.97 Å². The predicted molar refractivity (Wildman–Crippen MR) is 64.4 cm³/mol. The van der Waals surface area contributed by atoms with Crippen molar-refractivity contribution < 1.29 is 14.3 Å². The van der Waals surface area contributed by atoms with Crippen molar-refractivity contribution >= 4 is 11.9 Å². The second-order valence-corrected chi connectivity index (χ2v) is 3.87. The van der Waals surface area contributed by atoms with Crippen LogP contribution in [0.15, 0.2) is 30.3 Å². The highest BCUT2D eigenvalue weighted by atomic mass is 16.5. The Morgan fingerprint density at radius 3 is 2.47 bits per heavy atom. The molecule has 0 fully saturated rings.